The largest absolute Gasteiger partial charge is 1.00 e. The van der Waals surface area contributed by atoms with Crippen LogP contribution in [0, 0.1) is 0 Å². The zero-order valence-corrected chi connectivity index (χ0v) is 20.3. The number of unbranched alkanes of at least 4 members (excludes halogenated alkanes) is 11. The van der Waals surface area contributed by atoms with E-state index in [1.807, 2.05) is 0 Å². The minimum atomic E-state index is 0. The smallest absolute Gasteiger partial charge is 1.00 e. The van der Waals surface area contributed by atoms with Crippen molar-refractivity contribution < 1.29 is 40.9 Å². The Balaban J connectivity index is -0.00000312. The van der Waals surface area contributed by atoms with Crippen LogP contribution in [0.5, 0.6) is 0 Å². The maximum atomic E-state index is 12.0. The number of nitrogens with zero attached hydrogens (tertiary/aromatic N) is 1. The summed E-state index contributed by atoms with van der Waals surface area (Å²) < 4.78 is 0. The fourth-order valence-corrected chi connectivity index (χ4v) is 3.14. The van der Waals surface area contributed by atoms with Gasteiger partial charge in [0.2, 0.25) is 5.91 Å². The number of rotatable bonds is 19. The molecule has 0 aromatic carbocycles. The van der Waals surface area contributed by atoms with Gasteiger partial charge in [0.1, 0.15) is 0 Å². The van der Waals surface area contributed by atoms with Crippen molar-refractivity contribution in [1.82, 2.24) is 4.90 Å². The van der Waals surface area contributed by atoms with Gasteiger partial charge in [0.05, 0.1) is 6.61 Å². The van der Waals surface area contributed by atoms with Gasteiger partial charge in [0, 0.05) is 26.1 Å². The van der Waals surface area contributed by atoms with Gasteiger partial charge in [-0.25, -0.2) is 0 Å². The van der Waals surface area contributed by atoms with Crippen molar-refractivity contribution in [2.24, 2.45) is 5.73 Å². The molecule has 0 radical (unpaired) electrons. The average molecular weight is 393 g/mol. The van der Waals surface area contributed by atoms with Gasteiger partial charge in [-0.2, -0.15) is 0 Å². The molecule has 0 rings (SSSR count). The van der Waals surface area contributed by atoms with Crippen molar-refractivity contribution >= 4 is 5.91 Å². The van der Waals surface area contributed by atoms with Crippen molar-refractivity contribution in [1.29, 1.82) is 0 Å². The van der Waals surface area contributed by atoms with Crippen LogP contribution in [0.2, 0.25) is 0 Å². The second-order valence-electron chi connectivity index (χ2n) is 7.23. The summed E-state index contributed by atoms with van der Waals surface area (Å²) in [6, 6.07) is 0. The minimum Gasteiger partial charge on any atom is -1.00 e. The van der Waals surface area contributed by atoms with Crippen LogP contribution >= 0.6 is 0 Å². The summed E-state index contributed by atoms with van der Waals surface area (Å²) in [5, 5.41) is 8.98. The number of carbonyl (C=O) groups is 1. The van der Waals surface area contributed by atoms with Gasteiger partial charge in [-0.05, 0) is 32.1 Å². The molecule has 0 heterocycles. The second-order valence-corrected chi connectivity index (χ2v) is 7.23. The molecule has 0 spiro atoms. The molecule has 0 saturated carbocycles. The van der Waals surface area contributed by atoms with Crippen molar-refractivity contribution in [2.45, 2.75) is 96.8 Å². The quantitative estimate of drug-likeness (QED) is 0.200. The average Bonchev–Trinajstić information content (AvgIpc) is 2.64. The van der Waals surface area contributed by atoms with Crippen LogP contribution in [0.1, 0.15) is 98.2 Å². The van der Waals surface area contributed by atoms with Crippen molar-refractivity contribution in [3.05, 3.63) is 12.2 Å². The summed E-state index contributed by atoms with van der Waals surface area (Å²) in [6.07, 6.45) is 21.7. The molecule has 27 heavy (non-hydrogen) atoms. The predicted octanol–water partition coefficient (Wildman–Crippen LogP) is 1.92. The Morgan fingerprint density at radius 1 is 0.889 bits per heavy atom. The summed E-state index contributed by atoms with van der Waals surface area (Å²) in [7, 11) is 0. The Kier molecular flexibility index (Phi) is 26.3. The van der Waals surface area contributed by atoms with Crippen LogP contribution in [0.15, 0.2) is 12.2 Å². The molecule has 0 fully saturated rings. The van der Waals surface area contributed by atoms with Crippen LogP contribution in [0.3, 0.4) is 0 Å². The van der Waals surface area contributed by atoms with Crippen molar-refractivity contribution in [3.63, 3.8) is 0 Å². The summed E-state index contributed by atoms with van der Waals surface area (Å²) in [5.41, 5.74) is 5.50. The number of hydrogen-bond donors (Lipinski definition) is 2. The minimum absolute atomic E-state index is 0. The Morgan fingerprint density at radius 2 is 1.41 bits per heavy atom. The maximum Gasteiger partial charge on any atom is 1.00 e. The van der Waals surface area contributed by atoms with Gasteiger partial charge in [-0.15, -0.1) is 0 Å². The first kappa shape index (κ1) is 29.3. The zero-order chi connectivity index (χ0) is 19.3. The van der Waals surface area contributed by atoms with E-state index in [0.717, 1.165) is 12.8 Å². The van der Waals surface area contributed by atoms with Crippen LogP contribution in [-0.2, 0) is 4.79 Å². The molecule has 0 atom stereocenters. The molecule has 5 heteroatoms. The summed E-state index contributed by atoms with van der Waals surface area (Å²) in [6.45, 7) is 3.68. The van der Waals surface area contributed by atoms with Gasteiger partial charge in [-0.1, -0.05) is 70.4 Å². The van der Waals surface area contributed by atoms with E-state index in [-0.39, 0.29) is 43.5 Å². The number of hydrogen-bond acceptors (Lipinski definition) is 3. The number of amides is 1. The van der Waals surface area contributed by atoms with Crippen molar-refractivity contribution in [3.8, 4) is 0 Å². The SMILES string of the molecule is CCCCCCCC/C=C\CCCCCCCC(=O)N(CCN)CCO.[H-].[Na+]. The summed E-state index contributed by atoms with van der Waals surface area (Å²) >= 11 is 0. The van der Waals surface area contributed by atoms with Crippen LogP contribution in [0.25, 0.3) is 0 Å². The van der Waals surface area contributed by atoms with E-state index >= 15 is 0 Å². The molecule has 0 bridgehead atoms. The topological polar surface area (TPSA) is 66.6 Å². The van der Waals surface area contributed by atoms with Gasteiger partial charge in [0.25, 0.3) is 0 Å². The summed E-state index contributed by atoms with van der Waals surface area (Å²) in [4.78, 5) is 13.7. The van der Waals surface area contributed by atoms with Crippen LogP contribution in [0.4, 0.5) is 0 Å². The van der Waals surface area contributed by atoms with Crippen molar-refractivity contribution in [2.75, 3.05) is 26.2 Å². The Labute approximate surface area is 192 Å². The molecule has 0 aliphatic rings. The number of aliphatic hydroxyl groups excluding tert-OH is 1. The third-order valence-corrected chi connectivity index (χ3v) is 4.77. The molecule has 0 aliphatic carbocycles. The number of carbonyl (C=O) groups excluding carboxylic acids is 1. The summed E-state index contributed by atoms with van der Waals surface area (Å²) in [5.74, 6) is 0.127. The van der Waals surface area contributed by atoms with E-state index in [4.69, 9.17) is 10.8 Å². The fourth-order valence-electron chi connectivity index (χ4n) is 3.14. The molecule has 4 nitrogen and oxygen atoms in total. The van der Waals surface area contributed by atoms with Crippen LogP contribution in [-0.4, -0.2) is 42.2 Å². The van der Waals surface area contributed by atoms with Gasteiger partial charge < -0.3 is 17.2 Å². The first-order chi connectivity index (χ1) is 12.8. The van der Waals surface area contributed by atoms with E-state index in [0.29, 0.717) is 26.1 Å². The molecule has 156 valence electrons. The Bertz CT molecular complexity index is 338. The molecule has 0 saturated heterocycles. The number of aliphatic hydroxyl groups is 1. The molecule has 0 aliphatic heterocycles. The van der Waals surface area contributed by atoms with E-state index in [2.05, 4.69) is 19.1 Å². The third-order valence-electron chi connectivity index (χ3n) is 4.77. The Morgan fingerprint density at radius 3 is 1.93 bits per heavy atom. The van der Waals surface area contributed by atoms with Gasteiger partial charge >= 0.3 is 29.6 Å². The first-order valence-corrected chi connectivity index (χ1v) is 11.0. The maximum absolute atomic E-state index is 12.0. The molecule has 0 unspecified atom stereocenters. The molecule has 0 aromatic rings. The molecule has 0 aromatic heterocycles. The molecular formula is C22H45N2NaO2. The first-order valence-electron chi connectivity index (χ1n) is 11.0. The van der Waals surface area contributed by atoms with Gasteiger partial charge in [-0.3, -0.25) is 4.79 Å². The molecule has 3 N–H and O–H groups in total. The number of nitrogens with two attached hydrogens (primary N) is 1. The van der Waals surface area contributed by atoms with E-state index in [1.54, 1.807) is 4.90 Å². The predicted molar refractivity (Wildman–Crippen MR) is 113 cm³/mol. The molecular weight excluding hydrogens is 347 g/mol. The fraction of sp³-hybridized carbons (Fsp3) is 0.864. The molecule has 1 amide bonds. The van der Waals surface area contributed by atoms with Crippen LogP contribution < -0.4 is 35.3 Å². The second kappa shape index (κ2) is 24.2. The number of allylic oxidation sites excluding steroid dienone is 2. The standard InChI is InChI=1S/C22H44N2O2.Na.H/c1-2-3-4-5-6-7-8-9-10-11-12-13-14-15-16-17-22(26)24(19-18-23)20-21-25;;/h9-10,25H,2-8,11-21,23H2,1H3;;/q;+1;-1/b10-9-;;. The Hall–Kier alpha value is 0.130. The monoisotopic (exact) mass is 392 g/mol. The van der Waals surface area contributed by atoms with E-state index in [1.165, 1.54) is 70.6 Å². The third kappa shape index (κ3) is 20.7. The van der Waals surface area contributed by atoms with E-state index in [9.17, 15) is 4.79 Å². The van der Waals surface area contributed by atoms with Gasteiger partial charge in [0.15, 0.2) is 0 Å². The van der Waals surface area contributed by atoms with E-state index < -0.39 is 0 Å². The normalized spacial score (nSPS) is 10.9. The zero-order valence-electron chi connectivity index (χ0n) is 19.3.